The van der Waals surface area contributed by atoms with Crippen LogP contribution in [0.3, 0.4) is 0 Å². The van der Waals surface area contributed by atoms with Gasteiger partial charge in [0.05, 0.1) is 0 Å². The Kier molecular flexibility index (Phi) is 3.89. The summed E-state index contributed by atoms with van der Waals surface area (Å²) in [5.74, 6) is -3.64. The van der Waals surface area contributed by atoms with Crippen LogP contribution in [0.25, 0.3) is 22.3 Å². The van der Waals surface area contributed by atoms with Gasteiger partial charge >= 0.3 is 10.4 Å². The van der Waals surface area contributed by atoms with Gasteiger partial charge in [0.1, 0.15) is 22.5 Å². The molecule has 0 saturated heterocycles. The number of rotatable bonds is 3. The zero-order valence-corrected chi connectivity index (χ0v) is 13.4. The summed E-state index contributed by atoms with van der Waals surface area (Å²) in [6.07, 6.45) is 0. The van der Waals surface area contributed by atoms with E-state index in [1.54, 1.807) is 0 Å². The lowest BCUT2D eigenvalue weighted by atomic mass is 10.1. The van der Waals surface area contributed by atoms with E-state index in [1.807, 2.05) is 0 Å². The summed E-state index contributed by atoms with van der Waals surface area (Å²) in [4.78, 5) is 12.2. The van der Waals surface area contributed by atoms with Crippen molar-refractivity contribution in [1.82, 2.24) is 0 Å². The molecule has 0 fully saturated rings. The molecule has 3 rings (SSSR count). The molecule has 0 radical (unpaired) electrons. The van der Waals surface area contributed by atoms with Gasteiger partial charge in [-0.15, -0.1) is 0 Å². The largest absolute Gasteiger partial charge is 0.508 e. The molecule has 10 nitrogen and oxygen atoms in total. The fourth-order valence-corrected chi connectivity index (χ4v) is 2.68. The maximum atomic E-state index is 12.2. The van der Waals surface area contributed by atoms with Crippen molar-refractivity contribution in [3.05, 3.63) is 40.6 Å². The van der Waals surface area contributed by atoms with Crippen LogP contribution in [0, 0.1) is 0 Å². The van der Waals surface area contributed by atoms with Gasteiger partial charge in [0, 0.05) is 17.7 Å². The van der Waals surface area contributed by atoms with E-state index in [2.05, 4.69) is 4.18 Å². The molecule has 1 heterocycles. The van der Waals surface area contributed by atoms with Gasteiger partial charge in [-0.3, -0.25) is 9.35 Å². The maximum Gasteiger partial charge on any atom is 0.446 e. The number of benzene rings is 2. The Morgan fingerprint density at radius 3 is 2.27 bits per heavy atom. The van der Waals surface area contributed by atoms with Gasteiger partial charge in [-0.1, -0.05) is 0 Å². The SMILES string of the molecule is O=c1c(O)c(-c2ccc(OS(=O)(=O)O)c(O)c2)oc2cc(O)cc(O)c12. The second-order valence-electron chi connectivity index (χ2n) is 5.14. The molecule has 26 heavy (non-hydrogen) atoms. The van der Waals surface area contributed by atoms with Crippen molar-refractivity contribution >= 4 is 21.4 Å². The normalized spacial score (nSPS) is 11.6. The molecule has 0 atom stereocenters. The lowest BCUT2D eigenvalue weighted by Crippen LogP contribution is -2.06. The highest BCUT2D eigenvalue weighted by Crippen LogP contribution is 2.38. The smallest absolute Gasteiger partial charge is 0.446 e. The van der Waals surface area contributed by atoms with Gasteiger partial charge in [0.15, 0.2) is 17.3 Å². The van der Waals surface area contributed by atoms with E-state index >= 15 is 0 Å². The summed E-state index contributed by atoms with van der Waals surface area (Å²) in [7, 11) is -4.87. The summed E-state index contributed by atoms with van der Waals surface area (Å²) < 4.78 is 39.5. The van der Waals surface area contributed by atoms with E-state index in [0.717, 1.165) is 30.3 Å². The molecule has 0 spiro atoms. The highest BCUT2D eigenvalue weighted by Gasteiger charge is 2.20. The average Bonchev–Trinajstić information content (AvgIpc) is 2.51. The van der Waals surface area contributed by atoms with Gasteiger partial charge in [0.2, 0.25) is 11.2 Å². The minimum Gasteiger partial charge on any atom is -0.508 e. The van der Waals surface area contributed by atoms with Crippen LogP contribution in [0.2, 0.25) is 0 Å². The van der Waals surface area contributed by atoms with E-state index in [-0.39, 0.29) is 16.5 Å². The van der Waals surface area contributed by atoms with Crippen LogP contribution in [0.4, 0.5) is 0 Å². The minimum atomic E-state index is -4.87. The number of hydrogen-bond donors (Lipinski definition) is 5. The maximum absolute atomic E-state index is 12.2. The molecule has 2 aromatic carbocycles. The standard InChI is InChI=1S/C15H10O10S/c16-7-4-9(18)12-11(5-7)24-15(14(20)13(12)19)6-1-2-10(8(17)3-6)25-26(21,22)23/h1-5,16-18,20H,(H,21,22,23). The predicted molar refractivity (Wildman–Crippen MR) is 86.8 cm³/mol. The van der Waals surface area contributed by atoms with Gasteiger partial charge in [-0.2, -0.15) is 8.42 Å². The van der Waals surface area contributed by atoms with Gasteiger partial charge < -0.3 is 29.0 Å². The first-order valence-electron chi connectivity index (χ1n) is 6.79. The third kappa shape index (κ3) is 3.08. The van der Waals surface area contributed by atoms with Crippen molar-refractivity contribution in [2.24, 2.45) is 0 Å². The number of hydrogen-bond acceptors (Lipinski definition) is 9. The Balaban J connectivity index is 2.21. The third-order valence-electron chi connectivity index (χ3n) is 3.35. The van der Waals surface area contributed by atoms with E-state index in [1.165, 1.54) is 0 Å². The average molecular weight is 382 g/mol. The van der Waals surface area contributed by atoms with Gasteiger partial charge in [0.25, 0.3) is 0 Å². The monoisotopic (exact) mass is 382 g/mol. The van der Waals surface area contributed by atoms with Crippen molar-refractivity contribution in [1.29, 1.82) is 0 Å². The zero-order chi connectivity index (χ0) is 19.2. The molecular formula is C15H10O10S. The van der Waals surface area contributed by atoms with Gasteiger partial charge in [-0.25, -0.2) is 0 Å². The van der Waals surface area contributed by atoms with Crippen molar-refractivity contribution in [3.8, 4) is 40.1 Å². The Labute approximate surface area is 144 Å². The van der Waals surface area contributed by atoms with Crippen LogP contribution in [0.15, 0.2) is 39.5 Å². The molecule has 0 aliphatic rings. The minimum absolute atomic E-state index is 0.0514. The second-order valence-corrected chi connectivity index (χ2v) is 6.16. The highest BCUT2D eigenvalue weighted by atomic mass is 32.3. The van der Waals surface area contributed by atoms with Crippen molar-refractivity contribution in [2.45, 2.75) is 0 Å². The molecule has 0 aliphatic carbocycles. The zero-order valence-electron chi connectivity index (χ0n) is 12.6. The van der Waals surface area contributed by atoms with Crippen LogP contribution >= 0.6 is 0 Å². The Hall–Kier alpha value is -3.44. The molecule has 0 bridgehead atoms. The summed E-state index contributed by atoms with van der Waals surface area (Å²) in [6.45, 7) is 0. The first kappa shape index (κ1) is 17.4. The van der Waals surface area contributed by atoms with Crippen LogP contribution < -0.4 is 9.61 Å². The quantitative estimate of drug-likeness (QED) is 0.417. The molecule has 11 heteroatoms. The molecule has 0 saturated carbocycles. The molecule has 1 aromatic heterocycles. The topological polar surface area (TPSA) is 175 Å². The Bertz CT molecular complexity index is 1190. The summed E-state index contributed by atoms with van der Waals surface area (Å²) >= 11 is 0. The van der Waals surface area contributed by atoms with E-state index in [9.17, 15) is 33.6 Å². The number of phenols is 3. The first-order valence-corrected chi connectivity index (χ1v) is 8.15. The number of fused-ring (bicyclic) bond motifs is 1. The molecule has 136 valence electrons. The van der Waals surface area contributed by atoms with E-state index in [4.69, 9.17) is 8.97 Å². The molecule has 3 aromatic rings. The van der Waals surface area contributed by atoms with Crippen LogP contribution in [0.5, 0.6) is 28.7 Å². The number of phenolic OH excluding ortho intramolecular Hbond substituents is 3. The fraction of sp³-hybridized carbons (Fsp3) is 0. The van der Waals surface area contributed by atoms with Crippen molar-refractivity contribution < 1.29 is 42.0 Å². The summed E-state index contributed by atoms with van der Waals surface area (Å²) in [6, 6.07) is 4.92. The van der Waals surface area contributed by atoms with Gasteiger partial charge in [-0.05, 0) is 18.2 Å². The molecular weight excluding hydrogens is 372 g/mol. The lowest BCUT2D eigenvalue weighted by molar-refractivity contribution is 0.371. The van der Waals surface area contributed by atoms with E-state index in [0.29, 0.717) is 0 Å². The predicted octanol–water partition coefficient (Wildman–Crippen LogP) is 1.46. The fourth-order valence-electron chi connectivity index (χ4n) is 2.31. The first-order chi connectivity index (χ1) is 12.1. The summed E-state index contributed by atoms with van der Waals surface area (Å²) in [5, 5.41) is 38.7. The lowest BCUT2D eigenvalue weighted by Gasteiger charge is -2.09. The van der Waals surface area contributed by atoms with Crippen molar-refractivity contribution in [3.63, 3.8) is 0 Å². The van der Waals surface area contributed by atoms with Crippen LogP contribution in [-0.4, -0.2) is 33.4 Å². The van der Waals surface area contributed by atoms with Crippen LogP contribution in [0.1, 0.15) is 0 Å². The molecule has 0 unspecified atom stereocenters. The highest BCUT2D eigenvalue weighted by molar-refractivity contribution is 7.81. The third-order valence-corrected chi connectivity index (χ3v) is 3.74. The van der Waals surface area contributed by atoms with Crippen LogP contribution in [-0.2, 0) is 10.4 Å². The second kappa shape index (κ2) is 5.82. The molecule has 5 N–H and O–H groups in total. The molecule has 0 amide bonds. The number of aromatic hydroxyl groups is 4. The Morgan fingerprint density at radius 1 is 0.962 bits per heavy atom. The van der Waals surface area contributed by atoms with Crippen molar-refractivity contribution in [2.75, 3.05) is 0 Å². The summed E-state index contributed by atoms with van der Waals surface area (Å²) in [5.41, 5.74) is -1.28. The molecule has 0 aliphatic heterocycles. The Morgan fingerprint density at radius 2 is 1.65 bits per heavy atom. The van der Waals surface area contributed by atoms with E-state index < -0.39 is 50.3 Å².